The fourth-order valence-electron chi connectivity index (χ4n) is 7.70. The summed E-state index contributed by atoms with van der Waals surface area (Å²) in [6.07, 6.45) is -7.57. The summed E-state index contributed by atoms with van der Waals surface area (Å²) in [4.78, 5) is 39.3. The normalized spacial score (nSPS) is 42.7. The molecular formula is C29H36O10. The van der Waals surface area contributed by atoms with Crippen molar-refractivity contribution in [3.63, 3.8) is 0 Å². The number of Topliss-reactive ketones (excluding diaryl/α,β-unsaturated/α-hetero) is 1. The molecular weight excluding hydrogens is 508 g/mol. The third-order valence-corrected chi connectivity index (χ3v) is 10.00. The van der Waals surface area contributed by atoms with Crippen molar-refractivity contribution >= 4 is 17.7 Å². The molecule has 39 heavy (non-hydrogen) atoms. The molecule has 5 rings (SSSR count). The van der Waals surface area contributed by atoms with Crippen LogP contribution in [-0.4, -0.2) is 86.5 Å². The van der Waals surface area contributed by atoms with Gasteiger partial charge in [0.25, 0.3) is 0 Å². The molecule has 10 nitrogen and oxygen atoms in total. The average Bonchev–Trinajstić information content (AvgIpc) is 2.87. The van der Waals surface area contributed by atoms with Gasteiger partial charge in [0.05, 0.1) is 30.3 Å². The monoisotopic (exact) mass is 544 g/mol. The molecule has 0 aromatic heterocycles. The van der Waals surface area contributed by atoms with E-state index in [0.29, 0.717) is 0 Å². The fourth-order valence-corrected chi connectivity index (χ4v) is 7.70. The van der Waals surface area contributed by atoms with Gasteiger partial charge in [-0.15, -0.1) is 0 Å². The zero-order valence-corrected chi connectivity index (χ0v) is 22.7. The van der Waals surface area contributed by atoms with Crippen LogP contribution in [0.25, 0.3) is 0 Å². The molecule has 3 fully saturated rings. The van der Waals surface area contributed by atoms with Crippen molar-refractivity contribution in [3.8, 4) is 0 Å². The highest BCUT2D eigenvalue weighted by molar-refractivity contribution is 5.98. The Morgan fingerprint density at radius 2 is 1.72 bits per heavy atom. The summed E-state index contributed by atoms with van der Waals surface area (Å²) in [5.41, 5.74) is -6.24. The topological polar surface area (TPSA) is 160 Å². The maximum absolute atomic E-state index is 13.6. The molecule has 0 amide bonds. The van der Waals surface area contributed by atoms with E-state index < -0.39 is 82.6 Å². The van der Waals surface area contributed by atoms with Crippen molar-refractivity contribution in [2.45, 2.75) is 89.2 Å². The van der Waals surface area contributed by atoms with Crippen LogP contribution in [0.1, 0.15) is 57.8 Å². The van der Waals surface area contributed by atoms with Crippen LogP contribution in [0.5, 0.6) is 0 Å². The quantitative estimate of drug-likeness (QED) is 0.406. The number of ether oxygens (including phenoxy) is 3. The number of hydrogen-bond donors (Lipinski definition) is 4. The standard InChI is InChI=1S/C29H36O10/c1-14-17(31)12-29(36)24(38-25(35)16-9-7-6-8-10-16)22-27(5,23(34)21(33)20(14)26(29,3)4)18(32)11-19-28(22,13-37-19)39-15(2)30/h6-10,18-19,21-24,32-34,36H,11-13H2,1-5H3/t18-,19-,21-,22-,23+,24+,27-,28+,29-/m1/s1. The fraction of sp³-hybridized carbons (Fsp3) is 0.621. The zero-order valence-electron chi connectivity index (χ0n) is 22.7. The Hall–Kier alpha value is -2.63. The number of aliphatic hydroxyl groups is 4. The van der Waals surface area contributed by atoms with Crippen molar-refractivity contribution in [1.82, 2.24) is 0 Å². The lowest BCUT2D eigenvalue weighted by Gasteiger charge is -2.68. The molecule has 1 saturated heterocycles. The van der Waals surface area contributed by atoms with Crippen LogP contribution >= 0.6 is 0 Å². The smallest absolute Gasteiger partial charge is 0.338 e. The summed E-state index contributed by atoms with van der Waals surface area (Å²) >= 11 is 0. The van der Waals surface area contributed by atoms with E-state index >= 15 is 0 Å². The number of ketones is 1. The Balaban J connectivity index is 1.81. The summed E-state index contributed by atoms with van der Waals surface area (Å²) in [5.74, 6) is -3.24. The molecule has 1 aromatic rings. The predicted octanol–water partition coefficient (Wildman–Crippen LogP) is 1.08. The maximum Gasteiger partial charge on any atom is 0.338 e. The van der Waals surface area contributed by atoms with Crippen molar-refractivity contribution in [1.29, 1.82) is 0 Å². The van der Waals surface area contributed by atoms with Crippen LogP contribution in [0.3, 0.4) is 0 Å². The number of carbonyl (C=O) groups is 3. The van der Waals surface area contributed by atoms with Gasteiger partial charge in [0.15, 0.2) is 11.4 Å². The Bertz CT molecular complexity index is 1240. The summed E-state index contributed by atoms with van der Waals surface area (Å²) in [6.45, 7) is 7.33. The van der Waals surface area contributed by atoms with Crippen LogP contribution in [0.2, 0.25) is 0 Å². The molecule has 0 spiro atoms. The Kier molecular flexibility index (Phi) is 6.40. The lowest BCUT2D eigenvalue weighted by Crippen LogP contribution is -2.82. The molecule has 1 aliphatic heterocycles. The summed E-state index contributed by atoms with van der Waals surface area (Å²) in [6, 6.07) is 8.08. The van der Waals surface area contributed by atoms with Crippen LogP contribution in [0, 0.1) is 16.7 Å². The molecule has 0 radical (unpaired) electrons. The third-order valence-electron chi connectivity index (χ3n) is 10.00. The number of aliphatic hydroxyl groups excluding tert-OH is 3. The van der Waals surface area contributed by atoms with Gasteiger partial charge in [0, 0.05) is 30.6 Å². The number of allylic oxidation sites excluding steroid dienone is 1. The first-order chi connectivity index (χ1) is 18.1. The molecule has 4 aliphatic rings. The second-order valence-corrected chi connectivity index (χ2v) is 12.2. The number of carbonyl (C=O) groups excluding carboxylic acids is 3. The predicted molar refractivity (Wildman–Crippen MR) is 135 cm³/mol. The van der Waals surface area contributed by atoms with Gasteiger partial charge in [0.1, 0.15) is 23.9 Å². The minimum absolute atomic E-state index is 0.0395. The summed E-state index contributed by atoms with van der Waals surface area (Å²) in [5, 5.41) is 47.6. The highest BCUT2D eigenvalue weighted by Crippen LogP contribution is 2.64. The molecule has 2 bridgehead atoms. The van der Waals surface area contributed by atoms with Gasteiger partial charge in [-0.25, -0.2) is 4.79 Å². The van der Waals surface area contributed by atoms with E-state index in [1.807, 2.05) is 0 Å². The third kappa shape index (κ3) is 3.62. The minimum Gasteiger partial charge on any atom is -0.455 e. The second-order valence-electron chi connectivity index (χ2n) is 12.2. The summed E-state index contributed by atoms with van der Waals surface area (Å²) < 4.78 is 17.7. The van der Waals surface area contributed by atoms with Gasteiger partial charge >= 0.3 is 11.9 Å². The molecule has 4 N–H and O–H groups in total. The van der Waals surface area contributed by atoms with E-state index in [1.165, 1.54) is 32.9 Å². The molecule has 1 heterocycles. The van der Waals surface area contributed by atoms with Crippen molar-refractivity contribution < 1.29 is 49.0 Å². The van der Waals surface area contributed by atoms with E-state index in [-0.39, 0.29) is 29.7 Å². The van der Waals surface area contributed by atoms with Crippen LogP contribution in [0.15, 0.2) is 41.5 Å². The van der Waals surface area contributed by atoms with Crippen LogP contribution < -0.4 is 0 Å². The van der Waals surface area contributed by atoms with E-state index in [0.717, 1.165) is 0 Å². The maximum atomic E-state index is 13.6. The Labute approximate surface area is 226 Å². The average molecular weight is 545 g/mol. The zero-order chi connectivity index (χ0) is 28.7. The van der Waals surface area contributed by atoms with Crippen LogP contribution in [-0.2, 0) is 23.8 Å². The van der Waals surface area contributed by atoms with Crippen molar-refractivity contribution in [3.05, 3.63) is 47.0 Å². The lowest BCUT2D eigenvalue weighted by molar-refractivity contribution is -0.363. The highest BCUT2D eigenvalue weighted by atomic mass is 16.6. The van der Waals surface area contributed by atoms with Crippen molar-refractivity contribution in [2.24, 2.45) is 16.7 Å². The molecule has 3 aliphatic carbocycles. The SMILES string of the molecule is CC(=O)O[C@@]12CO[C@@H]1C[C@@H](O)[C@@]1(C)[C@@H](O)[C@H](O)C3=C(C)C(=O)C[C@@](O)([C@@H](OC(=O)c4ccccc4)[C@@H]21)C3(C)C. The molecule has 2 saturated carbocycles. The van der Waals surface area contributed by atoms with Gasteiger partial charge in [-0.2, -0.15) is 0 Å². The lowest BCUT2D eigenvalue weighted by atomic mass is 9.44. The number of hydrogen-bond acceptors (Lipinski definition) is 10. The van der Waals surface area contributed by atoms with Gasteiger partial charge in [-0.05, 0) is 30.2 Å². The Morgan fingerprint density at radius 1 is 1.08 bits per heavy atom. The molecule has 10 heteroatoms. The van der Waals surface area contributed by atoms with Crippen LogP contribution in [0.4, 0.5) is 0 Å². The number of esters is 2. The second kappa shape index (κ2) is 8.94. The molecule has 0 unspecified atom stereocenters. The van der Waals surface area contributed by atoms with Gasteiger partial charge in [-0.1, -0.05) is 39.0 Å². The Morgan fingerprint density at radius 3 is 2.28 bits per heavy atom. The first kappa shape index (κ1) is 27.9. The molecule has 1 aromatic carbocycles. The highest BCUT2D eigenvalue weighted by Gasteiger charge is 2.77. The van der Waals surface area contributed by atoms with E-state index in [9.17, 15) is 34.8 Å². The largest absolute Gasteiger partial charge is 0.455 e. The minimum atomic E-state index is -2.12. The van der Waals surface area contributed by atoms with Crippen molar-refractivity contribution in [2.75, 3.05) is 6.61 Å². The number of rotatable bonds is 3. The number of benzene rings is 1. The van der Waals surface area contributed by atoms with E-state index in [2.05, 4.69) is 0 Å². The van der Waals surface area contributed by atoms with Gasteiger partial charge in [-0.3, -0.25) is 9.59 Å². The van der Waals surface area contributed by atoms with E-state index in [1.54, 1.807) is 32.0 Å². The number of fused-ring (bicyclic) bond motifs is 5. The van der Waals surface area contributed by atoms with Gasteiger partial charge < -0.3 is 34.6 Å². The van der Waals surface area contributed by atoms with Gasteiger partial charge in [0.2, 0.25) is 0 Å². The summed E-state index contributed by atoms with van der Waals surface area (Å²) in [7, 11) is 0. The molecule has 9 atom stereocenters. The molecule has 212 valence electrons. The first-order valence-corrected chi connectivity index (χ1v) is 13.2. The first-order valence-electron chi connectivity index (χ1n) is 13.2. The van der Waals surface area contributed by atoms with E-state index in [4.69, 9.17) is 14.2 Å².